The second kappa shape index (κ2) is 9.02. The summed E-state index contributed by atoms with van der Waals surface area (Å²) in [5, 5.41) is 12.7. The van der Waals surface area contributed by atoms with Crippen molar-refractivity contribution < 1.29 is 23.9 Å². The number of allylic oxidation sites excluding steroid dienone is 2. The molecule has 2 heterocycles. The number of esters is 1. The molecular formula is C22H23N3O5S. The fourth-order valence-corrected chi connectivity index (χ4v) is 5.71. The van der Waals surface area contributed by atoms with Crippen molar-refractivity contribution in [3.05, 3.63) is 28.2 Å². The number of hydrogen-bond donors (Lipinski definition) is 1. The van der Waals surface area contributed by atoms with Crippen LogP contribution < -0.4 is 5.32 Å². The summed E-state index contributed by atoms with van der Waals surface area (Å²) in [5.41, 5.74) is 1.50. The highest BCUT2D eigenvalue weighted by Gasteiger charge is 2.47. The summed E-state index contributed by atoms with van der Waals surface area (Å²) in [4.78, 5) is 51.3. The first-order valence-corrected chi connectivity index (χ1v) is 11.3. The second-order valence-corrected chi connectivity index (χ2v) is 9.11. The molecule has 1 aliphatic heterocycles. The lowest BCUT2D eigenvalue weighted by molar-refractivity contribution is -0.154. The summed E-state index contributed by atoms with van der Waals surface area (Å²) in [7, 11) is 0. The molecule has 31 heavy (non-hydrogen) atoms. The van der Waals surface area contributed by atoms with Gasteiger partial charge in [0.05, 0.1) is 17.4 Å². The van der Waals surface area contributed by atoms with E-state index in [0.29, 0.717) is 23.4 Å². The van der Waals surface area contributed by atoms with E-state index in [1.807, 2.05) is 12.2 Å². The summed E-state index contributed by atoms with van der Waals surface area (Å²) < 4.78 is 4.99. The number of nitrogens with one attached hydrogen (secondary N) is 1. The fourth-order valence-electron chi connectivity index (χ4n) is 4.46. The maximum absolute atomic E-state index is 12.4. The van der Waals surface area contributed by atoms with E-state index in [9.17, 15) is 24.4 Å². The normalized spacial score (nSPS) is 22.4. The quantitative estimate of drug-likeness (QED) is 0.324. The minimum absolute atomic E-state index is 0.362. The van der Waals surface area contributed by atoms with Crippen LogP contribution in [0.5, 0.6) is 0 Å². The van der Waals surface area contributed by atoms with Gasteiger partial charge in [0.25, 0.3) is 5.91 Å². The molecule has 4 rings (SSSR count). The zero-order valence-corrected chi connectivity index (χ0v) is 17.8. The summed E-state index contributed by atoms with van der Waals surface area (Å²) in [6.45, 7) is -1.04. The van der Waals surface area contributed by atoms with Gasteiger partial charge in [0.15, 0.2) is 6.61 Å². The van der Waals surface area contributed by atoms with E-state index < -0.39 is 36.9 Å². The van der Waals surface area contributed by atoms with Crippen LogP contribution in [0.1, 0.15) is 48.1 Å². The Morgan fingerprint density at radius 3 is 2.48 bits per heavy atom. The molecule has 2 aliphatic carbocycles. The molecule has 2 atom stereocenters. The van der Waals surface area contributed by atoms with Crippen LogP contribution in [0.3, 0.4) is 0 Å². The highest BCUT2D eigenvalue weighted by Crippen LogP contribution is 2.37. The van der Waals surface area contributed by atoms with Crippen molar-refractivity contribution >= 4 is 40.0 Å². The summed E-state index contributed by atoms with van der Waals surface area (Å²) in [6, 6.07) is 2.19. The Hall–Kier alpha value is -2.99. The maximum atomic E-state index is 12.4. The van der Waals surface area contributed by atoms with E-state index in [0.717, 1.165) is 47.4 Å². The minimum atomic E-state index is -0.814. The molecule has 0 unspecified atom stereocenters. The Morgan fingerprint density at radius 2 is 1.81 bits per heavy atom. The molecule has 1 aromatic heterocycles. The monoisotopic (exact) mass is 441 g/mol. The van der Waals surface area contributed by atoms with Crippen LogP contribution in [0.4, 0.5) is 5.00 Å². The lowest BCUT2D eigenvalue weighted by Gasteiger charge is -2.14. The molecule has 0 saturated carbocycles. The third-order valence-electron chi connectivity index (χ3n) is 6.04. The molecule has 1 saturated heterocycles. The molecule has 3 aliphatic rings. The number of rotatable bonds is 5. The minimum Gasteiger partial charge on any atom is -0.454 e. The van der Waals surface area contributed by atoms with Crippen LogP contribution in [-0.2, 0) is 36.8 Å². The number of thiophene rings is 1. The topological polar surface area (TPSA) is 117 Å². The first-order valence-electron chi connectivity index (χ1n) is 10.5. The van der Waals surface area contributed by atoms with Crippen LogP contribution in [0.15, 0.2) is 12.2 Å². The predicted molar refractivity (Wildman–Crippen MR) is 112 cm³/mol. The largest absolute Gasteiger partial charge is 0.454 e. The number of ether oxygens (including phenoxy) is 1. The molecule has 0 spiro atoms. The number of carbonyl (C=O) groups excluding carboxylic acids is 4. The van der Waals surface area contributed by atoms with E-state index in [-0.39, 0.29) is 11.8 Å². The smallest absolute Gasteiger partial charge is 0.326 e. The van der Waals surface area contributed by atoms with Gasteiger partial charge in [-0.3, -0.25) is 24.1 Å². The van der Waals surface area contributed by atoms with Crippen molar-refractivity contribution in [2.24, 2.45) is 11.8 Å². The number of nitriles is 1. The van der Waals surface area contributed by atoms with Crippen LogP contribution in [0, 0.1) is 23.2 Å². The van der Waals surface area contributed by atoms with Gasteiger partial charge >= 0.3 is 5.97 Å². The number of imide groups is 1. The molecular weight excluding hydrogens is 418 g/mol. The second-order valence-electron chi connectivity index (χ2n) is 8.01. The Labute approximate surface area is 183 Å². The van der Waals surface area contributed by atoms with Crippen molar-refractivity contribution in [1.29, 1.82) is 5.26 Å². The van der Waals surface area contributed by atoms with Gasteiger partial charge in [0.1, 0.15) is 17.6 Å². The highest BCUT2D eigenvalue weighted by molar-refractivity contribution is 7.16. The van der Waals surface area contributed by atoms with Crippen molar-refractivity contribution in [2.45, 2.75) is 44.9 Å². The molecule has 1 fully saturated rings. The van der Waals surface area contributed by atoms with Gasteiger partial charge in [0.2, 0.25) is 11.8 Å². The first-order chi connectivity index (χ1) is 15.0. The number of hydrogen-bond acceptors (Lipinski definition) is 7. The van der Waals surface area contributed by atoms with Gasteiger partial charge in [-0.2, -0.15) is 5.26 Å². The van der Waals surface area contributed by atoms with Crippen molar-refractivity contribution in [2.75, 3.05) is 18.5 Å². The first kappa shape index (κ1) is 21.2. The van der Waals surface area contributed by atoms with Crippen LogP contribution in [0.25, 0.3) is 0 Å². The number of anilines is 1. The lowest BCUT2D eigenvalue weighted by atomic mass is 9.85. The molecule has 162 valence electrons. The van der Waals surface area contributed by atoms with Crippen molar-refractivity contribution in [3.8, 4) is 6.07 Å². The Kier molecular flexibility index (Phi) is 6.18. The van der Waals surface area contributed by atoms with Gasteiger partial charge in [-0.15, -0.1) is 11.3 Å². The molecule has 8 nitrogen and oxygen atoms in total. The third-order valence-corrected chi connectivity index (χ3v) is 7.24. The Bertz CT molecular complexity index is 980. The lowest BCUT2D eigenvalue weighted by Crippen LogP contribution is -2.37. The standard InChI is InChI=1S/C22H23N3O5S/c23-10-16-13-6-2-1-3-9-17(13)31-20(16)24-18(26)12-30-19(27)11-25-21(28)14-7-4-5-8-15(14)22(25)29/h4-5,14-15H,1-3,6-9,11-12H2,(H,24,26)/t14-,15-/m1/s1. The SMILES string of the molecule is N#Cc1c(NC(=O)COC(=O)CN2C(=O)[C@@H]3CC=CC[C@H]3C2=O)sc2c1CCCCC2. The summed E-state index contributed by atoms with van der Waals surface area (Å²) in [5.74, 6) is -2.91. The Balaban J connectivity index is 1.31. The van der Waals surface area contributed by atoms with Gasteiger partial charge < -0.3 is 10.1 Å². The number of nitrogens with zero attached hydrogens (tertiary/aromatic N) is 2. The van der Waals surface area contributed by atoms with E-state index in [1.165, 1.54) is 11.3 Å². The highest BCUT2D eigenvalue weighted by atomic mass is 32.1. The number of aryl methyl sites for hydroxylation is 1. The summed E-state index contributed by atoms with van der Waals surface area (Å²) in [6.07, 6.45) is 9.68. The van der Waals surface area contributed by atoms with E-state index in [2.05, 4.69) is 11.4 Å². The van der Waals surface area contributed by atoms with Crippen LogP contribution in [0.2, 0.25) is 0 Å². The number of fused-ring (bicyclic) bond motifs is 2. The molecule has 0 bridgehead atoms. The third kappa shape index (κ3) is 4.26. The fraction of sp³-hybridized carbons (Fsp3) is 0.500. The zero-order valence-electron chi connectivity index (χ0n) is 17.0. The molecule has 3 amide bonds. The number of carbonyl (C=O) groups is 4. The van der Waals surface area contributed by atoms with Gasteiger partial charge in [0, 0.05) is 4.88 Å². The zero-order chi connectivity index (χ0) is 22.0. The van der Waals surface area contributed by atoms with Gasteiger partial charge in [-0.25, -0.2) is 0 Å². The predicted octanol–water partition coefficient (Wildman–Crippen LogP) is 2.32. The van der Waals surface area contributed by atoms with Crippen LogP contribution in [-0.4, -0.2) is 41.7 Å². The van der Waals surface area contributed by atoms with Crippen LogP contribution >= 0.6 is 11.3 Å². The van der Waals surface area contributed by atoms with Gasteiger partial charge in [-0.1, -0.05) is 18.6 Å². The molecule has 1 aromatic rings. The van der Waals surface area contributed by atoms with E-state index in [1.54, 1.807) is 0 Å². The Morgan fingerprint density at radius 1 is 1.13 bits per heavy atom. The van der Waals surface area contributed by atoms with Crippen molar-refractivity contribution in [3.63, 3.8) is 0 Å². The van der Waals surface area contributed by atoms with Crippen molar-refractivity contribution in [1.82, 2.24) is 4.90 Å². The van der Waals surface area contributed by atoms with E-state index in [4.69, 9.17) is 4.74 Å². The molecule has 1 N–H and O–H groups in total. The van der Waals surface area contributed by atoms with Gasteiger partial charge in [-0.05, 0) is 44.1 Å². The number of likely N-dealkylation sites (tertiary alicyclic amines) is 1. The molecule has 0 radical (unpaired) electrons. The average Bonchev–Trinajstić information content (AvgIpc) is 3.09. The molecule has 9 heteroatoms. The molecule has 0 aromatic carbocycles. The average molecular weight is 442 g/mol. The maximum Gasteiger partial charge on any atom is 0.326 e. The van der Waals surface area contributed by atoms with E-state index >= 15 is 0 Å². The number of amides is 3. The summed E-state index contributed by atoms with van der Waals surface area (Å²) >= 11 is 1.40.